The molecule has 0 saturated heterocycles. The fraction of sp³-hybridized carbons (Fsp3) is 0.333. The Hall–Kier alpha value is -1.64. The van der Waals surface area contributed by atoms with Gasteiger partial charge >= 0.3 is 0 Å². The molecule has 3 rings (SSSR count). The molecule has 1 saturated carbocycles. The van der Waals surface area contributed by atoms with Crippen LogP contribution in [0.4, 0.5) is 0 Å². The van der Waals surface area contributed by atoms with Crippen molar-refractivity contribution in [3.8, 4) is 0 Å². The maximum absolute atomic E-state index is 5.78. The normalized spacial score (nSPS) is 14.4. The van der Waals surface area contributed by atoms with Crippen molar-refractivity contribution in [3.05, 3.63) is 71.3 Å². The van der Waals surface area contributed by atoms with Crippen LogP contribution in [0.2, 0.25) is 0 Å². The van der Waals surface area contributed by atoms with Gasteiger partial charge in [0.25, 0.3) is 0 Å². The molecule has 0 amide bonds. The summed E-state index contributed by atoms with van der Waals surface area (Å²) in [6.45, 7) is 2.31. The molecule has 0 bridgehead atoms. The van der Waals surface area contributed by atoms with E-state index in [1.54, 1.807) is 0 Å². The number of hydrogen-bond acceptors (Lipinski definition) is 2. The van der Waals surface area contributed by atoms with Gasteiger partial charge in [0.15, 0.2) is 0 Å². The summed E-state index contributed by atoms with van der Waals surface area (Å²) in [5.41, 5.74) is 3.81. The molecule has 2 nitrogen and oxygen atoms in total. The first-order valence-electron chi connectivity index (χ1n) is 7.33. The third-order valence-corrected chi connectivity index (χ3v) is 3.54. The maximum atomic E-state index is 5.78. The average molecular weight is 267 g/mol. The summed E-state index contributed by atoms with van der Waals surface area (Å²) < 4.78 is 5.78. The fourth-order valence-corrected chi connectivity index (χ4v) is 2.24. The Morgan fingerprint density at radius 1 is 0.850 bits per heavy atom. The Morgan fingerprint density at radius 3 is 2.35 bits per heavy atom. The molecular weight excluding hydrogens is 246 g/mol. The molecule has 0 aromatic heterocycles. The van der Waals surface area contributed by atoms with Gasteiger partial charge in [-0.25, -0.2) is 0 Å². The van der Waals surface area contributed by atoms with Crippen molar-refractivity contribution in [1.82, 2.24) is 5.32 Å². The maximum Gasteiger partial charge on any atom is 0.0721 e. The number of nitrogens with one attached hydrogen (secondary N) is 1. The number of hydrogen-bond donors (Lipinski definition) is 1. The first-order chi connectivity index (χ1) is 9.90. The highest BCUT2D eigenvalue weighted by molar-refractivity contribution is 5.23. The van der Waals surface area contributed by atoms with Crippen LogP contribution in [0.25, 0.3) is 0 Å². The van der Waals surface area contributed by atoms with Gasteiger partial charge in [0.2, 0.25) is 0 Å². The smallest absolute Gasteiger partial charge is 0.0721 e. The molecule has 104 valence electrons. The van der Waals surface area contributed by atoms with E-state index < -0.39 is 0 Å². The lowest BCUT2D eigenvalue weighted by Gasteiger charge is -2.07. The van der Waals surface area contributed by atoms with E-state index in [9.17, 15) is 0 Å². The number of benzene rings is 2. The van der Waals surface area contributed by atoms with Gasteiger partial charge in [-0.3, -0.25) is 0 Å². The van der Waals surface area contributed by atoms with Crippen molar-refractivity contribution in [2.75, 3.05) is 0 Å². The van der Waals surface area contributed by atoms with Crippen molar-refractivity contribution in [2.24, 2.45) is 0 Å². The third-order valence-electron chi connectivity index (χ3n) is 3.54. The zero-order valence-electron chi connectivity index (χ0n) is 11.7. The van der Waals surface area contributed by atoms with Gasteiger partial charge in [-0.15, -0.1) is 0 Å². The van der Waals surface area contributed by atoms with Crippen molar-refractivity contribution < 1.29 is 4.74 Å². The lowest BCUT2D eigenvalue weighted by Crippen LogP contribution is -2.15. The third kappa shape index (κ3) is 4.19. The Balaban J connectivity index is 1.47. The summed E-state index contributed by atoms with van der Waals surface area (Å²) in [5.74, 6) is 0. The second kappa shape index (κ2) is 6.69. The molecule has 20 heavy (non-hydrogen) atoms. The molecule has 1 aliphatic rings. The number of rotatable bonds is 7. The van der Waals surface area contributed by atoms with Gasteiger partial charge in [0.1, 0.15) is 0 Å². The summed E-state index contributed by atoms with van der Waals surface area (Å²) in [6.07, 6.45) is 2.67. The summed E-state index contributed by atoms with van der Waals surface area (Å²) in [4.78, 5) is 0. The topological polar surface area (TPSA) is 21.3 Å². The van der Waals surface area contributed by atoms with Crippen LogP contribution in [0.1, 0.15) is 29.5 Å². The first-order valence-corrected chi connectivity index (χ1v) is 7.33. The fourth-order valence-electron chi connectivity index (χ4n) is 2.24. The summed E-state index contributed by atoms with van der Waals surface area (Å²) in [7, 11) is 0. The van der Waals surface area contributed by atoms with Crippen molar-refractivity contribution >= 4 is 0 Å². The zero-order valence-corrected chi connectivity index (χ0v) is 11.7. The zero-order chi connectivity index (χ0) is 13.6. The predicted molar refractivity (Wildman–Crippen MR) is 81.2 cm³/mol. The van der Waals surface area contributed by atoms with E-state index in [1.165, 1.54) is 29.5 Å². The first kappa shape index (κ1) is 13.3. The van der Waals surface area contributed by atoms with E-state index in [0.29, 0.717) is 13.2 Å². The van der Waals surface area contributed by atoms with Crippen molar-refractivity contribution in [1.29, 1.82) is 0 Å². The summed E-state index contributed by atoms with van der Waals surface area (Å²) in [6, 6.07) is 19.7. The second-order valence-electron chi connectivity index (χ2n) is 5.45. The molecule has 0 heterocycles. The van der Waals surface area contributed by atoms with Gasteiger partial charge in [-0.05, 0) is 29.5 Å². The van der Waals surface area contributed by atoms with Crippen LogP contribution in [0, 0.1) is 0 Å². The van der Waals surface area contributed by atoms with Crippen molar-refractivity contribution in [3.63, 3.8) is 0 Å². The van der Waals surface area contributed by atoms with Crippen LogP contribution in [0.15, 0.2) is 54.6 Å². The molecule has 0 aliphatic heterocycles. The highest BCUT2D eigenvalue weighted by atomic mass is 16.5. The average Bonchev–Trinajstić information content (AvgIpc) is 3.31. The molecule has 0 radical (unpaired) electrons. The summed E-state index contributed by atoms with van der Waals surface area (Å²) in [5, 5.41) is 3.54. The quantitative estimate of drug-likeness (QED) is 0.826. The molecule has 0 spiro atoms. The second-order valence-corrected chi connectivity index (χ2v) is 5.45. The van der Waals surface area contributed by atoms with Crippen LogP contribution in [-0.2, 0) is 24.5 Å². The molecule has 1 aliphatic carbocycles. The molecular formula is C18H21NO. The van der Waals surface area contributed by atoms with Crippen LogP contribution in [0.5, 0.6) is 0 Å². The van der Waals surface area contributed by atoms with Gasteiger partial charge < -0.3 is 10.1 Å². The van der Waals surface area contributed by atoms with Crippen LogP contribution >= 0.6 is 0 Å². The molecule has 2 aromatic carbocycles. The van der Waals surface area contributed by atoms with E-state index in [4.69, 9.17) is 4.74 Å². The van der Waals surface area contributed by atoms with Gasteiger partial charge in [-0.1, -0.05) is 54.6 Å². The minimum atomic E-state index is 0.672. The largest absolute Gasteiger partial charge is 0.372 e. The SMILES string of the molecule is c1ccc(COCc2cccc(CNC3CC3)c2)cc1. The molecule has 1 N–H and O–H groups in total. The van der Waals surface area contributed by atoms with E-state index in [1.807, 2.05) is 18.2 Å². The minimum absolute atomic E-state index is 0.672. The molecule has 0 unspecified atom stereocenters. The van der Waals surface area contributed by atoms with E-state index >= 15 is 0 Å². The van der Waals surface area contributed by atoms with Gasteiger partial charge in [-0.2, -0.15) is 0 Å². The highest BCUT2D eigenvalue weighted by Crippen LogP contribution is 2.19. The number of ether oxygens (including phenoxy) is 1. The lowest BCUT2D eigenvalue weighted by molar-refractivity contribution is 0.107. The van der Waals surface area contributed by atoms with Crippen molar-refractivity contribution in [2.45, 2.75) is 38.6 Å². The molecule has 1 fully saturated rings. The van der Waals surface area contributed by atoms with E-state index in [-0.39, 0.29) is 0 Å². The van der Waals surface area contributed by atoms with Gasteiger partial charge in [0, 0.05) is 12.6 Å². The Morgan fingerprint density at radius 2 is 1.55 bits per heavy atom. The molecule has 2 heteroatoms. The van der Waals surface area contributed by atoms with Crippen LogP contribution < -0.4 is 5.32 Å². The van der Waals surface area contributed by atoms with Crippen LogP contribution in [0.3, 0.4) is 0 Å². The Kier molecular flexibility index (Phi) is 4.46. The highest BCUT2D eigenvalue weighted by Gasteiger charge is 2.19. The predicted octanol–water partition coefficient (Wildman–Crippen LogP) is 3.66. The minimum Gasteiger partial charge on any atom is -0.372 e. The van der Waals surface area contributed by atoms with Crippen LogP contribution in [-0.4, -0.2) is 6.04 Å². The van der Waals surface area contributed by atoms with E-state index in [2.05, 4.69) is 41.7 Å². The van der Waals surface area contributed by atoms with E-state index in [0.717, 1.165) is 12.6 Å². The summed E-state index contributed by atoms with van der Waals surface area (Å²) >= 11 is 0. The molecule has 0 atom stereocenters. The Labute approximate surface area is 120 Å². The Bertz CT molecular complexity index is 534. The standard InChI is InChI=1S/C18H21NO/c1-2-5-15(6-3-1)13-20-14-17-8-4-7-16(11-17)12-19-18-9-10-18/h1-8,11,18-19H,9-10,12-14H2. The molecule has 2 aromatic rings. The monoisotopic (exact) mass is 267 g/mol. The lowest BCUT2D eigenvalue weighted by atomic mass is 10.1. The van der Waals surface area contributed by atoms with Gasteiger partial charge in [0.05, 0.1) is 13.2 Å².